The van der Waals surface area contributed by atoms with E-state index < -0.39 is 164 Å². The summed E-state index contributed by atoms with van der Waals surface area (Å²) in [7, 11) is 0. The summed E-state index contributed by atoms with van der Waals surface area (Å²) in [4.78, 5) is 165. The predicted octanol–water partition coefficient (Wildman–Crippen LogP) is -5.88. The van der Waals surface area contributed by atoms with Gasteiger partial charge >= 0.3 is 11.9 Å². The molecule has 2 fully saturated rings. The van der Waals surface area contributed by atoms with Crippen LogP contribution in [0.25, 0.3) is 0 Å². The molecule has 0 unspecified atom stereocenters. The van der Waals surface area contributed by atoms with Crippen LogP contribution in [-0.4, -0.2) is 178 Å². The molecule has 27 nitrogen and oxygen atoms in total. The Balaban J connectivity index is 2.03. The molecule has 0 spiro atoms. The first-order valence-electron chi connectivity index (χ1n) is 22.1. The lowest BCUT2D eigenvalue weighted by Crippen LogP contribution is -2.59. The second kappa shape index (κ2) is 27.8. The number of nitrogens with two attached hydrogens (primary N) is 1. The Morgan fingerprint density at radius 2 is 1.25 bits per heavy atom. The van der Waals surface area contributed by atoms with Crippen molar-refractivity contribution in [2.45, 2.75) is 147 Å². The first-order valence-corrected chi connectivity index (χ1v) is 22.1. The van der Waals surface area contributed by atoms with Crippen molar-refractivity contribution < 1.29 is 77.6 Å². The highest BCUT2D eigenvalue weighted by atomic mass is 16.4. The minimum absolute atomic E-state index is 0.0324. The number of hydrogen-bond donors (Lipinski definition) is 13. The van der Waals surface area contributed by atoms with E-state index in [0.717, 1.165) is 0 Å². The van der Waals surface area contributed by atoms with Crippen LogP contribution < -0.4 is 53.6 Å². The van der Waals surface area contributed by atoms with Gasteiger partial charge in [0.1, 0.15) is 36.3 Å². The van der Waals surface area contributed by atoms with Crippen LogP contribution in [0.4, 0.5) is 0 Å². The van der Waals surface area contributed by atoms with Gasteiger partial charge in [0.2, 0.25) is 59.1 Å². The highest BCUT2D eigenvalue weighted by Gasteiger charge is 2.37. The maximum Gasteiger partial charge on any atom is 0.305 e. The standard InChI is InChI=1S/C41H65N11O16/c1-19(2)13-27(39(66)46-20(3)35(62)45-18-32(57)52-12-6-7-29(52)41(68)49-24(22(5)53)9-11-33(58)59)50-36(63)21(4)47-40(67)28(15-34(60)61)51-38(65)25(8-10-30(42)55)48-31(56)17-44-37(64)26-14-23(54)16-43-26/h19-21,23-29,43,54H,6-18H2,1-5H3,(H2,42,55)(H,44,64)(H,45,62)(H,46,66)(H,47,67)(H,48,56)(H,49,68)(H,50,63)(H,51,65)(H,58,59)(H,60,61)/t20-,21-,23+,24-,25-,26-,27-,28-,29-/m0/s1. The number of carboxylic acid groups (broad SMARTS) is 2. The number of primary amides is 1. The minimum Gasteiger partial charge on any atom is -0.481 e. The SMILES string of the molecule is CC(=O)[C@H](CCC(=O)O)NC(=O)[C@@H]1CCCN1C(=O)CNC(=O)[C@H](C)NC(=O)[C@H](CC(C)C)NC(=O)[C@H](C)NC(=O)[C@H](CC(=O)O)NC(=O)[C@H](CCC(N)=O)NC(=O)CNC(=O)[C@@H]1C[C@@H](O)CN1. The summed E-state index contributed by atoms with van der Waals surface area (Å²) in [6, 6.07) is -10.2. The number of aliphatic hydroxyl groups excluding tert-OH is 1. The number of amides is 10. The highest BCUT2D eigenvalue weighted by Crippen LogP contribution is 2.18. The van der Waals surface area contributed by atoms with Gasteiger partial charge in [-0.15, -0.1) is 0 Å². The monoisotopic (exact) mass is 967 g/mol. The summed E-state index contributed by atoms with van der Waals surface area (Å²) in [5, 5.41) is 49.8. The molecule has 0 aromatic heterocycles. The molecule has 380 valence electrons. The zero-order valence-corrected chi connectivity index (χ0v) is 38.6. The molecule has 0 bridgehead atoms. The van der Waals surface area contributed by atoms with E-state index in [1.165, 1.54) is 25.7 Å². The molecule has 2 saturated heterocycles. The van der Waals surface area contributed by atoms with E-state index in [1.807, 2.05) is 0 Å². The van der Waals surface area contributed by atoms with Gasteiger partial charge in [0, 0.05) is 25.9 Å². The van der Waals surface area contributed by atoms with Gasteiger partial charge in [-0.1, -0.05) is 13.8 Å². The third kappa shape index (κ3) is 20.0. The lowest BCUT2D eigenvalue weighted by molar-refractivity contribution is -0.141. The maximum absolute atomic E-state index is 13.4. The van der Waals surface area contributed by atoms with E-state index in [-0.39, 0.29) is 51.1 Å². The van der Waals surface area contributed by atoms with Crippen LogP contribution in [0.1, 0.15) is 92.4 Å². The van der Waals surface area contributed by atoms with Gasteiger partial charge in [-0.3, -0.25) is 62.3 Å². The quantitative estimate of drug-likeness (QED) is 0.0347. The number of β-amino-alcohol motifs (C(OH)–C–C–N with tert-alkyl or cyclic N) is 1. The fourth-order valence-corrected chi connectivity index (χ4v) is 7.09. The van der Waals surface area contributed by atoms with Gasteiger partial charge in [-0.25, -0.2) is 0 Å². The second-order valence-corrected chi connectivity index (χ2v) is 17.1. The van der Waals surface area contributed by atoms with Crippen molar-refractivity contribution in [3.05, 3.63) is 0 Å². The molecule has 2 heterocycles. The molecule has 0 aromatic carbocycles. The third-order valence-corrected chi connectivity index (χ3v) is 10.8. The van der Waals surface area contributed by atoms with Gasteiger partial charge in [-0.2, -0.15) is 0 Å². The molecule has 9 atom stereocenters. The van der Waals surface area contributed by atoms with E-state index in [1.54, 1.807) is 13.8 Å². The van der Waals surface area contributed by atoms with Crippen molar-refractivity contribution in [1.82, 2.24) is 52.8 Å². The van der Waals surface area contributed by atoms with E-state index >= 15 is 0 Å². The number of ketones is 1. The lowest BCUT2D eigenvalue weighted by atomic mass is 10.0. The molecule has 0 aliphatic carbocycles. The topological polar surface area (TPSA) is 420 Å². The number of Topliss-reactive ketones (excluding diaryl/α,β-unsaturated/α-hetero) is 1. The Kier molecular flexibility index (Phi) is 23.4. The van der Waals surface area contributed by atoms with E-state index in [2.05, 4.69) is 47.9 Å². The number of rotatable bonds is 28. The van der Waals surface area contributed by atoms with Gasteiger partial charge in [0.25, 0.3) is 0 Å². The molecule has 2 aliphatic heterocycles. The number of carbonyl (C=O) groups excluding carboxylic acids is 11. The lowest BCUT2D eigenvalue weighted by Gasteiger charge is -2.27. The third-order valence-electron chi connectivity index (χ3n) is 10.8. The number of aliphatic hydroxyl groups is 1. The first-order chi connectivity index (χ1) is 31.8. The average Bonchev–Trinajstić information content (AvgIpc) is 3.93. The summed E-state index contributed by atoms with van der Waals surface area (Å²) < 4.78 is 0. The minimum atomic E-state index is -1.84. The molecule has 10 amide bonds. The molecule has 2 rings (SSSR count). The van der Waals surface area contributed by atoms with Crippen LogP contribution in [-0.2, 0) is 62.3 Å². The molecular weight excluding hydrogens is 903 g/mol. The fraction of sp³-hybridized carbons (Fsp3) is 0.683. The molecule has 27 heteroatoms. The number of hydrogen-bond acceptors (Lipinski definition) is 15. The van der Waals surface area contributed by atoms with E-state index in [4.69, 9.17) is 10.8 Å². The van der Waals surface area contributed by atoms with Crippen LogP contribution in [0.2, 0.25) is 0 Å². The van der Waals surface area contributed by atoms with Crippen LogP contribution in [0.3, 0.4) is 0 Å². The van der Waals surface area contributed by atoms with Crippen LogP contribution >= 0.6 is 0 Å². The summed E-state index contributed by atoms with van der Waals surface area (Å²) in [6.07, 6.45) is -2.26. The van der Waals surface area contributed by atoms with Crippen molar-refractivity contribution in [2.75, 3.05) is 26.2 Å². The molecule has 14 N–H and O–H groups in total. The second-order valence-electron chi connectivity index (χ2n) is 17.1. The highest BCUT2D eigenvalue weighted by molar-refractivity contribution is 5.98. The van der Waals surface area contributed by atoms with Crippen LogP contribution in [0.5, 0.6) is 0 Å². The summed E-state index contributed by atoms with van der Waals surface area (Å²) in [5.41, 5.74) is 5.22. The zero-order valence-electron chi connectivity index (χ0n) is 38.6. The molecular formula is C41H65N11O16. The number of aliphatic carboxylic acids is 2. The van der Waals surface area contributed by atoms with Crippen molar-refractivity contribution >= 4 is 76.8 Å². The zero-order chi connectivity index (χ0) is 51.4. The largest absolute Gasteiger partial charge is 0.481 e. The Morgan fingerprint density at radius 3 is 1.81 bits per heavy atom. The molecule has 68 heavy (non-hydrogen) atoms. The molecule has 0 aromatic rings. The average molecular weight is 968 g/mol. The van der Waals surface area contributed by atoms with E-state index in [0.29, 0.717) is 6.42 Å². The predicted molar refractivity (Wildman–Crippen MR) is 234 cm³/mol. The summed E-state index contributed by atoms with van der Waals surface area (Å²) in [5.74, 6) is -11.9. The Labute approximate surface area is 391 Å². The number of nitrogens with zero attached hydrogens (tertiary/aromatic N) is 1. The normalized spacial score (nSPS) is 19.1. The fourth-order valence-electron chi connectivity index (χ4n) is 7.09. The van der Waals surface area contributed by atoms with Gasteiger partial charge in [0.15, 0.2) is 5.78 Å². The summed E-state index contributed by atoms with van der Waals surface area (Å²) in [6.45, 7) is 6.30. The number of carbonyl (C=O) groups is 13. The van der Waals surface area contributed by atoms with E-state index in [9.17, 15) is 72.5 Å². The maximum atomic E-state index is 13.4. The first kappa shape index (κ1) is 57.4. The van der Waals surface area contributed by atoms with Gasteiger partial charge in [-0.05, 0) is 65.2 Å². The Bertz CT molecular complexity index is 1910. The van der Waals surface area contributed by atoms with Gasteiger partial charge < -0.3 is 73.8 Å². The van der Waals surface area contributed by atoms with Crippen molar-refractivity contribution in [3.8, 4) is 0 Å². The smallest absolute Gasteiger partial charge is 0.305 e. The van der Waals surface area contributed by atoms with Crippen molar-refractivity contribution in [2.24, 2.45) is 11.7 Å². The van der Waals surface area contributed by atoms with Crippen LogP contribution in [0.15, 0.2) is 0 Å². The van der Waals surface area contributed by atoms with Crippen molar-refractivity contribution in [3.63, 3.8) is 0 Å². The molecule has 0 saturated carbocycles. The van der Waals surface area contributed by atoms with Crippen LogP contribution in [0, 0.1) is 5.92 Å². The number of likely N-dealkylation sites (tertiary alicyclic amines) is 1. The van der Waals surface area contributed by atoms with Crippen molar-refractivity contribution in [1.29, 1.82) is 0 Å². The molecule has 0 radical (unpaired) electrons. The van der Waals surface area contributed by atoms with Gasteiger partial charge in [0.05, 0.1) is 37.7 Å². The molecule has 2 aliphatic rings. The Morgan fingerprint density at radius 1 is 0.662 bits per heavy atom. The summed E-state index contributed by atoms with van der Waals surface area (Å²) >= 11 is 0. The number of carboxylic acids is 2. The Hall–Kier alpha value is -6.77. The number of nitrogens with one attached hydrogen (secondary N) is 9.